The van der Waals surface area contributed by atoms with Crippen molar-refractivity contribution in [3.63, 3.8) is 0 Å². The summed E-state index contributed by atoms with van der Waals surface area (Å²) >= 11 is 1.76. The van der Waals surface area contributed by atoms with E-state index >= 15 is 0 Å². The van der Waals surface area contributed by atoms with Gasteiger partial charge < -0.3 is 15.2 Å². The van der Waals surface area contributed by atoms with E-state index in [1.54, 1.807) is 11.8 Å². The standard InChI is InChI=1S/C12H25NO3S/c1-4-7-13-12(2,11(15)16-3)6-10-17-9-5-8-14/h13-14H,4-10H2,1-3H3. The zero-order valence-corrected chi connectivity index (χ0v) is 11.9. The summed E-state index contributed by atoms with van der Waals surface area (Å²) in [5.74, 6) is 1.62. The van der Waals surface area contributed by atoms with Gasteiger partial charge in [-0.25, -0.2) is 0 Å². The Labute approximate surface area is 108 Å². The molecule has 4 nitrogen and oxygen atoms in total. The largest absolute Gasteiger partial charge is 0.468 e. The van der Waals surface area contributed by atoms with Crippen LogP contribution in [-0.2, 0) is 9.53 Å². The highest BCUT2D eigenvalue weighted by Crippen LogP contribution is 2.16. The molecule has 0 bridgehead atoms. The minimum Gasteiger partial charge on any atom is -0.468 e. The van der Waals surface area contributed by atoms with E-state index in [-0.39, 0.29) is 12.6 Å². The van der Waals surface area contributed by atoms with E-state index in [0.717, 1.165) is 37.3 Å². The lowest BCUT2D eigenvalue weighted by Gasteiger charge is -2.27. The van der Waals surface area contributed by atoms with E-state index in [4.69, 9.17) is 9.84 Å². The molecule has 0 aliphatic carbocycles. The molecule has 102 valence electrons. The molecular formula is C12H25NO3S. The van der Waals surface area contributed by atoms with Crippen LogP contribution in [0.5, 0.6) is 0 Å². The number of hydrogen-bond donors (Lipinski definition) is 2. The van der Waals surface area contributed by atoms with Crippen LogP contribution in [0.15, 0.2) is 0 Å². The SMILES string of the molecule is CCCNC(C)(CCSCCCO)C(=O)OC. The predicted molar refractivity (Wildman–Crippen MR) is 72.4 cm³/mol. The molecule has 0 aromatic heterocycles. The van der Waals surface area contributed by atoms with Crippen molar-refractivity contribution < 1.29 is 14.6 Å². The van der Waals surface area contributed by atoms with E-state index in [9.17, 15) is 4.79 Å². The Morgan fingerprint density at radius 1 is 1.47 bits per heavy atom. The number of carbonyl (C=O) groups is 1. The van der Waals surface area contributed by atoms with Gasteiger partial charge in [-0.15, -0.1) is 0 Å². The van der Waals surface area contributed by atoms with Crippen LogP contribution in [0.4, 0.5) is 0 Å². The molecular weight excluding hydrogens is 238 g/mol. The number of hydrogen-bond acceptors (Lipinski definition) is 5. The topological polar surface area (TPSA) is 58.6 Å². The lowest BCUT2D eigenvalue weighted by molar-refractivity contribution is -0.148. The number of aliphatic hydroxyl groups excluding tert-OH is 1. The zero-order chi connectivity index (χ0) is 13.1. The quantitative estimate of drug-likeness (QED) is 0.461. The highest BCUT2D eigenvalue weighted by atomic mass is 32.2. The van der Waals surface area contributed by atoms with Gasteiger partial charge in [-0.1, -0.05) is 6.92 Å². The molecule has 17 heavy (non-hydrogen) atoms. The van der Waals surface area contributed by atoms with E-state index in [0.29, 0.717) is 0 Å². The smallest absolute Gasteiger partial charge is 0.325 e. The first-order valence-corrected chi connectivity index (χ1v) is 7.28. The molecule has 0 aromatic rings. The van der Waals surface area contributed by atoms with Crippen molar-refractivity contribution in [2.24, 2.45) is 0 Å². The second-order valence-corrected chi connectivity index (χ2v) is 5.41. The zero-order valence-electron chi connectivity index (χ0n) is 11.1. The van der Waals surface area contributed by atoms with Gasteiger partial charge in [0.15, 0.2) is 0 Å². The van der Waals surface area contributed by atoms with E-state index in [2.05, 4.69) is 12.2 Å². The summed E-state index contributed by atoms with van der Waals surface area (Å²) in [5.41, 5.74) is -0.586. The van der Waals surface area contributed by atoms with Gasteiger partial charge in [0.2, 0.25) is 0 Å². The molecule has 0 saturated carbocycles. The molecule has 5 heteroatoms. The fourth-order valence-corrected chi connectivity index (χ4v) is 2.52. The predicted octanol–water partition coefficient (Wildman–Crippen LogP) is 1.42. The number of esters is 1. The molecule has 0 radical (unpaired) electrons. The number of rotatable bonds is 10. The molecule has 2 N–H and O–H groups in total. The number of thioether (sulfide) groups is 1. The average molecular weight is 263 g/mol. The summed E-state index contributed by atoms with van der Waals surface area (Å²) in [7, 11) is 1.42. The van der Waals surface area contributed by atoms with Crippen molar-refractivity contribution in [1.29, 1.82) is 0 Å². The molecule has 1 atom stereocenters. The summed E-state index contributed by atoms with van der Waals surface area (Å²) < 4.78 is 4.84. The van der Waals surface area contributed by atoms with Crippen LogP contribution in [0.25, 0.3) is 0 Å². The van der Waals surface area contributed by atoms with Gasteiger partial charge in [0, 0.05) is 6.61 Å². The molecule has 0 amide bonds. The number of aliphatic hydroxyl groups is 1. The third-order valence-corrected chi connectivity index (χ3v) is 3.66. The first-order valence-electron chi connectivity index (χ1n) is 6.12. The van der Waals surface area contributed by atoms with E-state index < -0.39 is 5.54 Å². The summed E-state index contributed by atoms with van der Waals surface area (Å²) in [6.07, 6.45) is 2.54. The molecule has 0 aliphatic heterocycles. The van der Waals surface area contributed by atoms with E-state index in [1.807, 2.05) is 6.92 Å². The van der Waals surface area contributed by atoms with Crippen molar-refractivity contribution in [3.05, 3.63) is 0 Å². The third kappa shape index (κ3) is 6.91. The molecule has 0 saturated heterocycles. The summed E-state index contributed by atoms with van der Waals surface area (Å²) in [4.78, 5) is 11.7. The lowest BCUT2D eigenvalue weighted by Crippen LogP contribution is -2.50. The fourth-order valence-electron chi connectivity index (χ4n) is 1.43. The van der Waals surface area contributed by atoms with Crippen molar-refractivity contribution in [2.75, 3.05) is 31.8 Å². The second-order valence-electron chi connectivity index (χ2n) is 4.19. The van der Waals surface area contributed by atoms with Crippen LogP contribution >= 0.6 is 11.8 Å². The molecule has 0 aliphatic rings. The van der Waals surface area contributed by atoms with Gasteiger partial charge in [0.25, 0.3) is 0 Å². The summed E-state index contributed by atoms with van der Waals surface area (Å²) in [5, 5.41) is 11.9. The van der Waals surface area contributed by atoms with Crippen LogP contribution in [-0.4, -0.2) is 48.4 Å². The van der Waals surface area contributed by atoms with Crippen LogP contribution in [0.3, 0.4) is 0 Å². The van der Waals surface area contributed by atoms with Gasteiger partial charge in [-0.2, -0.15) is 11.8 Å². The second kappa shape index (κ2) is 9.74. The van der Waals surface area contributed by atoms with Gasteiger partial charge in [-0.3, -0.25) is 4.79 Å². The Bertz CT molecular complexity index is 214. The van der Waals surface area contributed by atoms with Crippen LogP contribution in [0.2, 0.25) is 0 Å². The maximum Gasteiger partial charge on any atom is 0.325 e. The first kappa shape index (κ1) is 16.7. The van der Waals surface area contributed by atoms with Crippen LogP contribution < -0.4 is 5.32 Å². The normalized spacial score (nSPS) is 14.4. The van der Waals surface area contributed by atoms with Crippen molar-refractivity contribution in [1.82, 2.24) is 5.32 Å². The summed E-state index contributed by atoms with van der Waals surface area (Å²) in [6, 6.07) is 0. The number of nitrogens with one attached hydrogen (secondary N) is 1. The highest BCUT2D eigenvalue weighted by Gasteiger charge is 2.32. The fraction of sp³-hybridized carbons (Fsp3) is 0.917. The van der Waals surface area contributed by atoms with Crippen LogP contribution in [0.1, 0.15) is 33.1 Å². The molecule has 0 spiro atoms. The number of methoxy groups -OCH3 is 1. The molecule has 0 rings (SSSR count). The molecule has 0 heterocycles. The van der Waals surface area contributed by atoms with Gasteiger partial charge in [0.05, 0.1) is 7.11 Å². The molecule has 1 unspecified atom stereocenters. The first-order chi connectivity index (χ1) is 8.10. The maximum absolute atomic E-state index is 11.7. The Morgan fingerprint density at radius 3 is 2.71 bits per heavy atom. The van der Waals surface area contributed by atoms with Crippen molar-refractivity contribution >= 4 is 17.7 Å². The average Bonchev–Trinajstić information content (AvgIpc) is 2.35. The van der Waals surface area contributed by atoms with Gasteiger partial charge in [-0.05, 0) is 44.2 Å². The molecule has 0 aromatic carbocycles. The molecule has 0 fully saturated rings. The third-order valence-electron chi connectivity index (χ3n) is 2.59. The Balaban J connectivity index is 4.05. The maximum atomic E-state index is 11.7. The Kier molecular flexibility index (Phi) is 9.59. The highest BCUT2D eigenvalue weighted by molar-refractivity contribution is 7.99. The van der Waals surface area contributed by atoms with Gasteiger partial charge >= 0.3 is 5.97 Å². The van der Waals surface area contributed by atoms with Gasteiger partial charge in [0.1, 0.15) is 5.54 Å². The lowest BCUT2D eigenvalue weighted by atomic mass is 9.99. The Morgan fingerprint density at radius 2 is 2.18 bits per heavy atom. The Hall–Kier alpha value is -0.260. The van der Waals surface area contributed by atoms with Crippen molar-refractivity contribution in [3.8, 4) is 0 Å². The van der Waals surface area contributed by atoms with E-state index in [1.165, 1.54) is 7.11 Å². The van der Waals surface area contributed by atoms with Crippen molar-refractivity contribution in [2.45, 2.75) is 38.6 Å². The minimum atomic E-state index is -0.586. The number of carbonyl (C=O) groups excluding carboxylic acids is 1. The number of ether oxygens (including phenoxy) is 1. The minimum absolute atomic E-state index is 0.200. The summed E-state index contributed by atoms with van der Waals surface area (Å²) in [6.45, 7) is 5.00. The van der Waals surface area contributed by atoms with Crippen LogP contribution in [0, 0.1) is 0 Å². The monoisotopic (exact) mass is 263 g/mol.